The predicted octanol–water partition coefficient (Wildman–Crippen LogP) is 5.48. The lowest BCUT2D eigenvalue weighted by atomic mass is 9.86. The topological polar surface area (TPSA) is 20.2 Å². The molecule has 0 aliphatic heterocycles. The van der Waals surface area contributed by atoms with Gasteiger partial charge in [-0.15, -0.1) is 0 Å². The van der Waals surface area contributed by atoms with Crippen LogP contribution >= 0.6 is 27.5 Å². The summed E-state index contributed by atoms with van der Waals surface area (Å²) >= 11 is 9.42. The summed E-state index contributed by atoms with van der Waals surface area (Å²) in [4.78, 5) is 0. The molecule has 1 unspecified atom stereocenters. The maximum atomic E-state index is 10.5. The van der Waals surface area contributed by atoms with Gasteiger partial charge in [-0.05, 0) is 40.3 Å². The first kappa shape index (κ1) is 15.6. The molecule has 0 aliphatic carbocycles. The van der Waals surface area contributed by atoms with Crippen molar-refractivity contribution in [1.29, 1.82) is 0 Å². The van der Waals surface area contributed by atoms with Crippen molar-refractivity contribution in [2.24, 2.45) is 0 Å². The molecule has 0 aliphatic rings. The summed E-state index contributed by atoms with van der Waals surface area (Å²) in [5, 5.41) is 11.1. The minimum absolute atomic E-state index is 0.114. The Hall–Kier alpha value is -0.830. The molecule has 0 saturated heterocycles. The van der Waals surface area contributed by atoms with Crippen molar-refractivity contribution in [1.82, 2.24) is 0 Å². The van der Waals surface area contributed by atoms with Crippen LogP contribution in [0.1, 0.15) is 43.6 Å². The molecule has 20 heavy (non-hydrogen) atoms. The van der Waals surface area contributed by atoms with E-state index in [0.29, 0.717) is 5.02 Å². The first-order chi connectivity index (χ1) is 9.27. The van der Waals surface area contributed by atoms with Crippen LogP contribution in [-0.4, -0.2) is 5.11 Å². The number of rotatable bonds is 2. The van der Waals surface area contributed by atoms with Gasteiger partial charge in [-0.3, -0.25) is 0 Å². The highest BCUT2D eigenvalue weighted by Crippen LogP contribution is 2.29. The molecule has 0 bridgehead atoms. The summed E-state index contributed by atoms with van der Waals surface area (Å²) in [7, 11) is 0. The maximum absolute atomic E-state index is 10.5. The molecule has 0 spiro atoms. The van der Waals surface area contributed by atoms with E-state index >= 15 is 0 Å². The van der Waals surface area contributed by atoms with Crippen molar-refractivity contribution in [2.75, 3.05) is 0 Å². The summed E-state index contributed by atoms with van der Waals surface area (Å²) in [6.45, 7) is 6.52. The molecular weight excluding hydrogens is 336 g/mol. The lowest BCUT2D eigenvalue weighted by Crippen LogP contribution is -2.11. The molecule has 0 fully saturated rings. The summed E-state index contributed by atoms with van der Waals surface area (Å²) in [6, 6.07) is 13.6. The first-order valence-corrected chi connectivity index (χ1v) is 7.69. The number of hydrogen-bond acceptors (Lipinski definition) is 1. The van der Waals surface area contributed by atoms with Gasteiger partial charge in [0.15, 0.2) is 0 Å². The Labute approximate surface area is 133 Å². The van der Waals surface area contributed by atoms with Crippen LogP contribution in [0.2, 0.25) is 5.02 Å². The van der Waals surface area contributed by atoms with Gasteiger partial charge in [-0.2, -0.15) is 0 Å². The quantitative estimate of drug-likeness (QED) is 0.757. The minimum atomic E-state index is -0.668. The van der Waals surface area contributed by atoms with Gasteiger partial charge in [0.05, 0.1) is 0 Å². The molecule has 106 valence electrons. The van der Waals surface area contributed by atoms with Gasteiger partial charge < -0.3 is 5.11 Å². The lowest BCUT2D eigenvalue weighted by molar-refractivity contribution is 0.220. The van der Waals surface area contributed by atoms with E-state index in [-0.39, 0.29) is 5.41 Å². The van der Waals surface area contributed by atoms with Crippen LogP contribution < -0.4 is 0 Å². The van der Waals surface area contributed by atoms with Crippen LogP contribution in [0.5, 0.6) is 0 Å². The third-order valence-corrected chi connectivity index (χ3v) is 3.97. The Morgan fingerprint density at radius 2 is 1.60 bits per heavy atom. The average molecular weight is 354 g/mol. The normalized spacial score (nSPS) is 13.3. The summed E-state index contributed by atoms with van der Waals surface area (Å²) in [5.41, 5.74) is 3.02. The van der Waals surface area contributed by atoms with Gasteiger partial charge in [0.1, 0.15) is 6.10 Å². The second kappa shape index (κ2) is 5.88. The smallest absolute Gasteiger partial charge is 0.104 e. The monoisotopic (exact) mass is 352 g/mol. The summed E-state index contributed by atoms with van der Waals surface area (Å²) in [6.07, 6.45) is -0.668. The van der Waals surface area contributed by atoms with Gasteiger partial charge in [0, 0.05) is 9.50 Å². The van der Waals surface area contributed by atoms with Crippen LogP contribution in [-0.2, 0) is 5.41 Å². The Balaban J connectivity index is 2.31. The van der Waals surface area contributed by atoms with Crippen molar-refractivity contribution in [2.45, 2.75) is 32.3 Å². The van der Waals surface area contributed by atoms with Crippen molar-refractivity contribution in [3.8, 4) is 0 Å². The number of benzene rings is 2. The molecular formula is C17H18BrClO. The molecule has 0 aromatic heterocycles. The molecule has 1 nitrogen and oxygen atoms in total. The number of halogens is 2. The van der Waals surface area contributed by atoms with E-state index in [0.717, 1.165) is 15.6 Å². The molecule has 2 aromatic rings. The Kier molecular flexibility index (Phi) is 4.58. The van der Waals surface area contributed by atoms with Crippen LogP contribution in [0.3, 0.4) is 0 Å². The molecule has 2 aromatic carbocycles. The van der Waals surface area contributed by atoms with Gasteiger partial charge in [-0.1, -0.05) is 72.6 Å². The molecule has 0 amide bonds. The van der Waals surface area contributed by atoms with E-state index in [4.69, 9.17) is 11.6 Å². The van der Waals surface area contributed by atoms with Crippen LogP contribution in [0.4, 0.5) is 0 Å². The number of hydrogen-bond donors (Lipinski definition) is 1. The standard InChI is InChI=1S/C17H18BrClO/c1-17(2,3)13-6-4-11(5-7-13)16(20)12-8-14(18)10-15(19)9-12/h4-10,16,20H,1-3H3. The average Bonchev–Trinajstić information content (AvgIpc) is 2.36. The van der Waals surface area contributed by atoms with Crippen molar-refractivity contribution in [3.05, 3.63) is 68.7 Å². The molecule has 0 heterocycles. The highest BCUT2D eigenvalue weighted by atomic mass is 79.9. The van der Waals surface area contributed by atoms with E-state index in [1.54, 1.807) is 12.1 Å². The fourth-order valence-corrected chi connectivity index (χ4v) is 2.98. The molecule has 0 radical (unpaired) electrons. The van der Waals surface area contributed by atoms with E-state index in [1.165, 1.54) is 5.56 Å². The zero-order valence-corrected chi connectivity index (χ0v) is 14.2. The Morgan fingerprint density at radius 1 is 1.00 bits per heavy atom. The maximum Gasteiger partial charge on any atom is 0.104 e. The van der Waals surface area contributed by atoms with Crippen LogP contribution in [0, 0.1) is 0 Å². The first-order valence-electron chi connectivity index (χ1n) is 6.52. The second-order valence-electron chi connectivity index (χ2n) is 5.98. The molecule has 1 N–H and O–H groups in total. The zero-order chi connectivity index (χ0) is 14.9. The molecule has 2 rings (SSSR count). The number of aliphatic hydroxyl groups is 1. The third kappa shape index (κ3) is 3.63. The van der Waals surface area contributed by atoms with E-state index in [2.05, 4.69) is 48.8 Å². The molecule has 0 saturated carbocycles. The van der Waals surface area contributed by atoms with Crippen molar-refractivity contribution < 1.29 is 5.11 Å². The molecule has 3 heteroatoms. The van der Waals surface area contributed by atoms with E-state index < -0.39 is 6.10 Å². The van der Waals surface area contributed by atoms with E-state index in [1.807, 2.05) is 18.2 Å². The fourth-order valence-electron chi connectivity index (χ4n) is 2.09. The van der Waals surface area contributed by atoms with Gasteiger partial charge in [0.2, 0.25) is 0 Å². The third-order valence-electron chi connectivity index (χ3n) is 3.29. The second-order valence-corrected chi connectivity index (χ2v) is 7.33. The van der Waals surface area contributed by atoms with E-state index in [9.17, 15) is 5.11 Å². The largest absolute Gasteiger partial charge is 0.384 e. The van der Waals surface area contributed by atoms with Gasteiger partial charge in [0.25, 0.3) is 0 Å². The highest BCUT2D eigenvalue weighted by molar-refractivity contribution is 9.10. The predicted molar refractivity (Wildman–Crippen MR) is 88.4 cm³/mol. The number of aliphatic hydroxyl groups excluding tert-OH is 1. The van der Waals surface area contributed by atoms with Crippen LogP contribution in [0.25, 0.3) is 0 Å². The fraction of sp³-hybridized carbons (Fsp3) is 0.294. The van der Waals surface area contributed by atoms with Crippen LogP contribution in [0.15, 0.2) is 46.9 Å². The van der Waals surface area contributed by atoms with Gasteiger partial charge >= 0.3 is 0 Å². The lowest BCUT2D eigenvalue weighted by Gasteiger charge is -2.20. The van der Waals surface area contributed by atoms with Crippen molar-refractivity contribution >= 4 is 27.5 Å². The highest BCUT2D eigenvalue weighted by Gasteiger charge is 2.16. The molecule has 1 atom stereocenters. The summed E-state index contributed by atoms with van der Waals surface area (Å²) in [5.74, 6) is 0. The minimum Gasteiger partial charge on any atom is -0.384 e. The zero-order valence-electron chi connectivity index (χ0n) is 11.8. The van der Waals surface area contributed by atoms with Gasteiger partial charge in [-0.25, -0.2) is 0 Å². The summed E-state index contributed by atoms with van der Waals surface area (Å²) < 4.78 is 0.866. The SMILES string of the molecule is CC(C)(C)c1ccc(C(O)c2cc(Cl)cc(Br)c2)cc1. The Morgan fingerprint density at radius 3 is 2.10 bits per heavy atom. The van der Waals surface area contributed by atoms with Crippen molar-refractivity contribution in [3.63, 3.8) is 0 Å². The Bertz CT molecular complexity index is 579.